The van der Waals surface area contributed by atoms with Crippen LogP contribution in [-0.2, 0) is 4.74 Å². The number of epoxide rings is 1. The van der Waals surface area contributed by atoms with Crippen LogP contribution in [0.5, 0.6) is 5.75 Å². The minimum atomic E-state index is -0.491. The summed E-state index contributed by atoms with van der Waals surface area (Å²) in [5, 5.41) is 0. The highest BCUT2D eigenvalue weighted by Crippen LogP contribution is 2.31. The van der Waals surface area contributed by atoms with E-state index in [0.29, 0.717) is 6.61 Å². The molecule has 19 heavy (non-hydrogen) atoms. The maximum absolute atomic E-state index is 13.2. The highest BCUT2D eigenvalue weighted by Gasteiger charge is 2.23. The smallest absolute Gasteiger partial charge is 0.213 e. The zero-order chi connectivity index (χ0) is 13.2. The van der Waals surface area contributed by atoms with Crippen LogP contribution in [0.4, 0.5) is 4.39 Å². The summed E-state index contributed by atoms with van der Waals surface area (Å²) in [5.41, 5.74) is 2.73. The number of halogens is 1. The Kier molecular flexibility index (Phi) is 3.17. The fraction of sp³-hybridized carbons (Fsp3) is 0.267. The highest BCUT2D eigenvalue weighted by atomic mass is 19.1. The molecule has 2 heterocycles. The lowest BCUT2D eigenvalue weighted by Gasteiger charge is -2.12. The number of ether oxygens (including phenoxy) is 2. The molecule has 1 aromatic carbocycles. The van der Waals surface area contributed by atoms with Crippen molar-refractivity contribution in [3.63, 3.8) is 0 Å². The first-order valence-corrected chi connectivity index (χ1v) is 6.19. The molecular formula is C15H14FNO2. The summed E-state index contributed by atoms with van der Waals surface area (Å²) in [5.74, 6) is 0.260. The van der Waals surface area contributed by atoms with Gasteiger partial charge in [0.1, 0.15) is 18.5 Å². The van der Waals surface area contributed by atoms with Gasteiger partial charge in [-0.3, -0.25) is 0 Å². The Labute approximate surface area is 111 Å². The summed E-state index contributed by atoms with van der Waals surface area (Å²) in [6, 6.07) is 9.05. The first kappa shape index (κ1) is 12.1. The number of benzene rings is 1. The molecule has 0 saturated carbocycles. The molecule has 2 aromatic rings. The van der Waals surface area contributed by atoms with Gasteiger partial charge < -0.3 is 9.47 Å². The van der Waals surface area contributed by atoms with Crippen molar-refractivity contribution in [1.82, 2.24) is 4.98 Å². The third kappa shape index (κ3) is 2.90. The van der Waals surface area contributed by atoms with Gasteiger partial charge in [0.05, 0.1) is 6.61 Å². The summed E-state index contributed by atoms with van der Waals surface area (Å²) < 4.78 is 24.1. The second kappa shape index (κ2) is 4.97. The standard InChI is InChI=1S/C15H14FNO2/c1-10-2-3-13(11-4-5-17-15(16)7-11)14(6-10)19-9-12-8-18-12/h2-7,12H,8-9H2,1H3/t12-/m0/s1. The number of aryl methyl sites for hydroxylation is 1. The van der Waals surface area contributed by atoms with Crippen molar-refractivity contribution >= 4 is 0 Å². The van der Waals surface area contributed by atoms with Crippen LogP contribution in [0.2, 0.25) is 0 Å². The molecule has 98 valence electrons. The number of pyridine rings is 1. The predicted octanol–water partition coefficient (Wildman–Crippen LogP) is 2.97. The zero-order valence-electron chi connectivity index (χ0n) is 10.6. The number of rotatable bonds is 4. The topological polar surface area (TPSA) is 34.6 Å². The number of nitrogens with zero attached hydrogens (tertiary/aromatic N) is 1. The minimum Gasteiger partial charge on any atom is -0.490 e. The summed E-state index contributed by atoms with van der Waals surface area (Å²) in [6.07, 6.45) is 1.65. The number of aromatic nitrogens is 1. The van der Waals surface area contributed by atoms with Crippen LogP contribution in [0.15, 0.2) is 36.5 Å². The minimum absolute atomic E-state index is 0.197. The quantitative estimate of drug-likeness (QED) is 0.625. The first-order chi connectivity index (χ1) is 9.22. The molecule has 0 aliphatic carbocycles. The lowest BCUT2D eigenvalue weighted by molar-refractivity contribution is 0.264. The van der Waals surface area contributed by atoms with Gasteiger partial charge in [-0.15, -0.1) is 0 Å². The molecule has 0 radical (unpaired) electrons. The van der Waals surface area contributed by atoms with Crippen LogP contribution in [0, 0.1) is 12.9 Å². The fourth-order valence-electron chi connectivity index (χ4n) is 1.90. The molecule has 4 heteroatoms. The summed E-state index contributed by atoms with van der Waals surface area (Å²) in [4.78, 5) is 3.57. The first-order valence-electron chi connectivity index (χ1n) is 6.19. The van der Waals surface area contributed by atoms with Crippen molar-refractivity contribution in [2.24, 2.45) is 0 Å². The third-order valence-corrected chi connectivity index (χ3v) is 3.00. The zero-order valence-corrected chi connectivity index (χ0v) is 10.6. The van der Waals surface area contributed by atoms with Gasteiger partial charge in [-0.25, -0.2) is 4.98 Å². The van der Waals surface area contributed by atoms with E-state index >= 15 is 0 Å². The Morgan fingerprint density at radius 3 is 2.95 bits per heavy atom. The summed E-state index contributed by atoms with van der Waals surface area (Å²) in [6.45, 7) is 3.28. The molecule has 1 fully saturated rings. The van der Waals surface area contributed by atoms with E-state index in [9.17, 15) is 4.39 Å². The van der Waals surface area contributed by atoms with Crippen molar-refractivity contribution in [2.45, 2.75) is 13.0 Å². The van der Waals surface area contributed by atoms with E-state index in [0.717, 1.165) is 29.0 Å². The van der Waals surface area contributed by atoms with Crippen molar-refractivity contribution < 1.29 is 13.9 Å². The molecule has 3 nitrogen and oxygen atoms in total. The van der Waals surface area contributed by atoms with Crippen LogP contribution < -0.4 is 4.74 Å². The van der Waals surface area contributed by atoms with Crippen LogP contribution in [0.25, 0.3) is 11.1 Å². The number of hydrogen-bond acceptors (Lipinski definition) is 3. The average Bonchev–Trinajstić information content (AvgIpc) is 3.20. The van der Waals surface area contributed by atoms with Crippen molar-refractivity contribution in [3.05, 3.63) is 48.0 Å². The molecule has 0 amide bonds. The van der Waals surface area contributed by atoms with E-state index in [-0.39, 0.29) is 6.10 Å². The van der Waals surface area contributed by atoms with Crippen LogP contribution >= 0.6 is 0 Å². The van der Waals surface area contributed by atoms with Crippen molar-refractivity contribution in [3.8, 4) is 16.9 Å². The average molecular weight is 259 g/mol. The van der Waals surface area contributed by atoms with E-state index in [1.165, 1.54) is 12.3 Å². The summed E-state index contributed by atoms with van der Waals surface area (Å²) >= 11 is 0. The molecule has 0 N–H and O–H groups in total. The van der Waals surface area contributed by atoms with Gasteiger partial charge in [0.15, 0.2) is 0 Å². The van der Waals surface area contributed by atoms with Gasteiger partial charge in [0.25, 0.3) is 0 Å². The molecule has 0 bridgehead atoms. The van der Waals surface area contributed by atoms with Crippen LogP contribution in [0.1, 0.15) is 5.56 Å². The highest BCUT2D eigenvalue weighted by molar-refractivity contribution is 5.70. The van der Waals surface area contributed by atoms with Gasteiger partial charge >= 0.3 is 0 Å². The normalized spacial score (nSPS) is 17.3. The predicted molar refractivity (Wildman–Crippen MR) is 69.6 cm³/mol. The molecule has 1 aliphatic rings. The maximum Gasteiger partial charge on any atom is 0.213 e. The Morgan fingerprint density at radius 1 is 1.37 bits per heavy atom. The van der Waals surface area contributed by atoms with Crippen molar-refractivity contribution in [1.29, 1.82) is 0 Å². The lowest BCUT2D eigenvalue weighted by Crippen LogP contribution is -2.05. The molecule has 1 atom stereocenters. The monoisotopic (exact) mass is 259 g/mol. The summed E-state index contributed by atoms with van der Waals surface area (Å²) in [7, 11) is 0. The number of hydrogen-bond donors (Lipinski definition) is 0. The largest absolute Gasteiger partial charge is 0.490 e. The lowest BCUT2D eigenvalue weighted by atomic mass is 10.0. The van der Waals surface area contributed by atoms with E-state index in [2.05, 4.69) is 4.98 Å². The Balaban J connectivity index is 1.94. The van der Waals surface area contributed by atoms with E-state index < -0.39 is 5.95 Å². The second-order valence-electron chi connectivity index (χ2n) is 4.63. The third-order valence-electron chi connectivity index (χ3n) is 3.00. The molecule has 1 aromatic heterocycles. The second-order valence-corrected chi connectivity index (χ2v) is 4.63. The van der Waals surface area contributed by atoms with Gasteiger partial charge in [-0.2, -0.15) is 4.39 Å². The van der Waals surface area contributed by atoms with E-state index in [1.54, 1.807) is 6.07 Å². The molecule has 0 spiro atoms. The van der Waals surface area contributed by atoms with Crippen LogP contribution in [-0.4, -0.2) is 24.3 Å². The van der Waals surface area contributed by atoms with E-state index in [1.807, 2.05) is 25.1 Å². The molecule has 1 aliphatic heterocycles. The SMILES string of the molecule is Cc1ccc(-c2ccnc(F)c2)c(OC[C@@H]2CO2)c1. The maximum atomic E-state index is 13.2. The molecule has 1 saturated heterocycles. The van der Waals surface area contributed by atoms with Gasteiger partial charge in [0, 0.05) is 17.8 Å². The molecule has 0 unspecified atom stereocenters. The van der Waals surface area contributed by atoms with Gasteiger partial charge in [0.2, 0.25) is 5.95 Å². The van der Waals surface area contributed by atoms with Crippen LogP contribution in [0.3, 0.4) is 0 Å². The Hall–Kier alpha value is -1.94. The molecular weight excluding hydrogens is 245 g/mol. The Bertz CT molecular complexity index is 596. The fourth-order valence-corrected chi connectivity index (χ4v) is 1.90. The van der Waals surface area contributed by atoms with Crippen molar-refractivity contribution in [2.75, 3.05) is 13.2 Å². The van der Waals surface area contributed by atoms with Gasteiger partial charge in [-0.1, -0.05) is 12.1 Å². The van der Waals surface area contributed by atoms with Gasteiger partial charge in [-0.05, 0) is 30.2 Å². The Morgan fingerprint density at radius 2 is 2.21 bits per heavy atom. The molecule has 3 rings (SSSR count). The van der Waals surface area contributed by atoms with E-state index in [4.69, 9.17) is 9.47 Å².